The summed E-state index contributed by atoms with van der Waals surface area (Å²) >= 11 is 1.15. The Hall–Kier alpha value is -2.22. The minimum absolute atomic E-state index is 0.0429. The van der Waals surface area contributed by atoms with Crippen LogP contribution in [0.3, 0.4) is 0 Å². The Morgan fingerprint density at radius 3 is 2.60 bits per heavy atom. The molecule has 0 radical (unpaired) electrons. The molecule has 0 aliphatic rings. The van der Waals surface area contributed by atoms with Gasteiger partial charge in [0.1, 0.15) is 0 Å². The van der Waals surface area contributed by atoms with E-state index in [4.69, 9.17) is 4.42 Å². The third kappa shape index (κ3) is 3.41. The molecule has 2 rings (SSSR count). The monoisotopic (exact) mass is 293 g/mol. The molecule has 0 bridgehead atoms. The van der Waals surface area contributed by atoms with Crippen LogP contribution in [0.15, 0.2) is 33.9 Å². The maximum atomic E-state index is 11.9. The molecule has 0 aliphatic heterocycles. The lowest BCUT2D eigenvalue weighted by atomic mass is 10.1. The predicted octanol–water partition coefficient (Wildman–Crippen LogP) is 2.52. The second-order valence-electron chi connectivity index (χ2n) is 3.83. The third-order valence-corrected chi connectivity index (χ3v) is 3.30. The smallest absolute Gasteiger partial charge is 0.277 e. The fourth-order valence-corrected chi connectivity index (χ4v) is 2.09. The summed E-state index contributed by atoms with van der Waals surface area (Å²) < 4.78 is 5.27. The zero-order valence-corrected chi connectivity index (χ0v) is 11.4. The Balaban J connectivity index is 1.96. The average molecular weight is 293 g/mol. The first kappa shape index (κ1) is 14.2. The quantitative estimate of drug-likeness (QED) is 0.349. The third-order valence-electron chi connectivity index (χ3n) is 2.48. The number of ketones is 1. The number of nitrogens with zero attached hydrogens (tertiary/aromatic N) is 3. The molecular weight excluding hydrogens is 282 g/mol. The van der Waals surface area contributed by atoms with Crippen LogP contribution in [0, 0.1) is 10.1 Å². The van der Waals surface area contributed by atoms with E-state index in [1.54, 1.807) is 0 Å². The number of benzene rings is 1. The lowest BCUT2D eigenvalue weighted by Gasteiger charge is -1.98. The molecule has 0 N–H and O–H groups in total. The summed E-state index contributed by atoms with van der Waals surface area (Å²) in [7, 11) is 0. The zero-order chi connectivity index (χ0) is 14.5. The first-order chi connectivity index (χ1) is 9.60. The van der Waals surface area contributed by atoms with Crippen molar-refractivity contribution in [3.8, 4) is 0 Å². The normalized spacial score (nSPS) is 10.4. The molecule has 0 saturated heterocycles. The molecule has 7 nitrogen and oxygen atoms in total. The van der Waals surface area contributed by atoms with Crippen LogP contribution in [-0.4, -0.2) is 26.7 Å². The highest BCUT2D eigenvalue weighted by Crippen LogP contribution is 2.19. The Labute approximate surface area is 118 Å². The van der Waals surface area contributed by atoms with Crippen molar-refractivity contribution in [2.45, 2.75) is 18.6 Å². The first-order valence-electron chi connectivity index (χ1n) is 5.83. The van der Waals surface area contributed by atoms with Gasteiger partial charge in [-0.15, -0.1) is 10.2 Å². The van der Waals surface area contributed by atoms with Gasteiger partial charge >= 0.3 is 0 Å². The highest BCUT2D eigenvalue weighted by molar-refractivity contribution is 7.99. The average Bonchev–Trinajstić information content (AvgIpc) is 2.93. The van der Waals surface area contributed by atoms with E-state index in [2.05, 4.69) is 10.2 Å². The van der Waals surface area contributed by atoms with E-state index in [0.29, 0.717) is 23.1 Å². The van der Waals surface area contributed by atoms with Crippen LogP contribution in [0.1, 0.15) is 23.2 Å². The lowest BCUT2D eigenvalue weighted by Crippen LogP contribution is -2.02. The van der Waals surface area contributed by atoms with Gasteiger partial charge in [0, 0.05) is 24.1 Å². The number of hydrogen-bond acceptors (Lipinski definition) is 7. The van der Waals surface area contributed by atoms with Crippen LogP contribution in [0.5, 0.6) is 0 Å². The van der Waals surface area contributed by atoms with Gasteiger partial charge in [-0.05, 0) is 12.1 Å². The van der Waals surface area contributed by atoms with Crippen molar-refractivity contribution in [3.05, 3.63) is 45.8 Å². The first-order valence-corrected chi connectivity index (χ1v) is 6.81. The van der Waals surface area contributed by atoms with Gasteiger partial charge in [0.2, 0.25) is 5.89 Å². The molecule has 0 fully saturated rings. The van der Waals surface area contributed by atoms with Gasteiger partial charge in [-0.3, -0.25) is 14.9 Å². The molecule has 20 heavy (non-hydrogen) atoms. The van der Waals surface area contributed by atoms with Gasteiger partial charge in [-0.2, -0.15) is 0 Å². The second kappa shape index (κ2) is 6.29. The summed E-state index contributed by atoms with van der Waals surface area (Å²) in [6, 6.07) is 5.48. The molecule has 104 valence electrons. The van der Waals surface area contributed by atoms with Crippen molar-refractivity contribution in [2.75, 3.05) is 5.75 Å². The molecule has 0 aliphatic carbocycles. The molecule has 1 heterocycles. The molecule has 1 aromatic heterocycles. The van der Waals surface area contributed by atoms with E-state index < -0.39 is 4.92 Å². The van der Waals surface area contributed by atoms with E-state index in [9.17, 15) is 14.9 Å². The van der Waals surface area contributed by atoms with Crippen LogP contribution >= 0.6 is 11.8 Å². The summed E-state index contributed by atoms with van der Waals surface area (Å²) in [6.45, 7) is 1.89. The van der Waals surface area contributed by atoms with Crippen LogP contribution in [-0.2, 0) is 6.42 Å². The van der Waals surface area contributed by atoms with E-state index in [1.165, 1.54) is 24.3 Å². The minimum atomic E-state index is -0.506. The van der Waals surface area contributed by atoms with E-state index in [-0.39, 0.29) is 17.2 Å². The molecule has 0 atom stereocenters. The summed E-state index contributed by atoms with van der Waals surface area (Å²) in [5.41, 5.74) is 0.372. The highest BCUT2D eigenvalue weighted by atomic mass is 32.2. The maximum absolute atomic E-state index is 11.9. The van der Waals surface area contributed by atoms with Crippen LogP contribution in [0.25, 0.3) is 0 Å². The molecular formula is C12H11N3O4S. The van der Waals surface area contributed by atoms with Crippen molar-refractivity contribution in [2.24, 2.45) is 0 Å². The Morgan fingerprint density at radius 2 is 2.05 bits per heavy atom. The standard InChI is InChI=1S/C12H11N3O4S/c1-2-11-13-14-12(19-11)20-7-10(16)8-3-5-9(6-4-8)15(17)18/h3-6H,2,7H2,1H3. The zero-order valence-electron chi connectivity index (χ0n) is 10.6. The molecule has 0 amide bonds. The Morgan fingerprint density at radius 1 is 1.35 bits per heavy atom. The topological polar surface area (TPSA) is 99.1 Å². The van der Waals surface area contributed by atoms with Gasteiger partial charge in [0.15, 0.2) is 5.78 Å². The van der Waals surface area contributed by atoms with Crippen molar-refractivity contribution in [1.29, 1.82) is 0 Å². The predicted molar refractivity (Wildman–Crippen MR) is 71.8 cm³/mol. The van der Waals surface area contributed by atoms with Crippen LogP contribution in [0.4, 0.5) is 5.69 Å². The number of thioether (sulfide) groups is 1. The molecule has 1 aromatic carbocycles. The number of Topliss-reactive ketones (excluding diaryl/α,β-unsaturated/α-hetero) is 1. The largest absolute Gasteiger partial charge is 0.416 e. The van der Waals surface area contributed by atoms with Crippen molar-refractivity contribution >= 4 is 23.2 Å². The van der Waals surface area contributed by atoms with Crippen molar-refractivity contribution in [3.63, 3.8) is 0 Å². The summed E-state index contributed by atoms with van der Waals surface area (Å²) in [4.78, 5) is 21.9. The lowest BCUT2D eigenvalue weighted by molar-refractivity contribution is -0.384. The molecule has 0 spiro atoms. The van der Waals surface area contributed by atoms with E-state index in [1.807, 2.05) is 6.92 Å². The van der Waals surface area contributed by atoms with E-state index >= 15 is 0 Å². The number of aromatic nitrogens is 2. The number of nitro benzene ring substituents is 1. The van der Waals surface area contributed by atoms with Crippen LogP contribution < -0.4 is 0 Å². The molecule has 2 aromatic rings. The van der Waals surface area contributed by atoms with Gasteiger partial charge in [-0.1, -0.05) is 18.7 Å². The number of rotatable bonds is 6. The van der Waals surface area contributed by atoms with Crippen LogP contribution in [0.2, 0.25) is 0 Å². The molecule has 0 saturated carbocycles. The number of aryl methyl sites for hydroxylation is 1. The summed E-state index contributed by atoms with van der Waals surface area (Å²) in [6.07, 6.45) is 0.643. The number of nitro groups is 1. The fraction of sp³-hybridized carbons (Fsp3) is 0.250. The van der Waals surface area contributed by atoms with E-state index in [0.717, 1.165) is 11.8 Å². The summed E-state index contributed by atoms with van der Waals surface area (Å²) in [5, 5.41) is 18.4. The maximum Gasteiger partial charge on any atom is 0.277 e. The van der Waals surface area contributed by atoms with Gasteiger partial charge in [0.25, 0.3) is 10.9 Å². The minimum Gasteiger partial charge on any atom is -0.416 e. The number of carbonyl (C=O) groups is 1. The molecule has 8 heteroatoms. The molecule has 0 unspecified atom stereocenters. The number of hydrogen-bond donors (Lipinski definition) is 0. The van der Waals surface area contributed by atoms with Crippen molar-refractivity contribution < 1.29 is 14.1 Å². The highest BCUT2D eigenvalue weighted by Gasteiger charge is 2.12. The Kier molecular flexibility index (Phi) is 4.46. The van der Waals surface area contributed by atoms with Gasteiger partial charge in [0.05, 0.1) is 10.7 Å². The summed E-state index contributed by atoms with van der Waals surface area (Å²) in [5.74, 6) is 0.514. The fourth-order valence-electron chi connectivity index (χ4n) is 1.42. The SMILES string of the molecule is CCc1nnc(SCC(=O)c2ccc([N+](=O)[O-])cc2)o1. The second-order valence-corrected chi connectivity index (χ2v) is 4.76. The van der Waals surface area contributed by atoms with Gasteiger partial charge < -0.3 is 4.42 Å². The van der Waals surface area contributed by atoms with Gasteiger partial charge in [-0.25, -0.2) is 0 Å². The van der Waals surface area contributed by atoms with Crippen molar-refractivity contribution in [1.82, 2.24) is 10.2 Å². The number of carbonyl (C=O) groups excluding carboxylic acids is 1. The Bertz CT molecular complexity index is 624. The number of non-ortho nitro benzene ring substituents is 1.